The SMILES string of the molecule is O=C(O)Cn1c(=O)c(/C=C/c2ccc(O)c(O)c2)nc2cc(Cl)cnc21. The number of phenols is 2. The quantitative estimate of drug-likeness (QED) is 0.598. The standard InChI is InChI=1S/C17H12ClN3O5/c18-10-6-12-16(19-7-10)21(8-15(24)25)17(26)11(20-12)3-1-9-2-4-13(22)14(23)5-9/h1-7,22-23H,8H2,(H,24,25)/b3-1+. The molecular weight excluding hydrogens is 362 g/mol. The number of pyridine rings is 1. The molecule has 2 aromatic heterocycles. The molecule has 3 aromatic rings. The van der Waals surface area contributed by atoms with Crippen molar-refractivity contribution in [3.63, 3.8) is 0 Å². The molecule has 9 heteroatoms. The summed E-state index contributed by atoms with van der Waals surface area (Å²) < 4.78 is 0.995. The maximum atomic E-state index is 12.6. The summed E-state index contributed by atoms with van der Waals surface area (Å²) in [5.74, 6) is -1.77. The number of phenolic OH excluding ortho intramolecular Hbond substituents is 2. The maximum Gasteiger partial charge on any atom is 0.323 e. The molecule has 0 saturated heterocycles. The molecule has 3 rings (SSSR count). The Bertz CT molecular complexity index is 1110. The van der Waals surface area contributed by atoms with Crippen LogP contribution in [-0.2, 0) is 11.3 Å². The van der Waals surface area contributed by atoms with Crippen molar-refractivity contribution in [2.24, 2.45) is 0 Å². The van der Waals surface area contributed by atoms with Gasteiger partial charge in [0, 0.05) is 6.20 Å². The number of aromatic nitrogens is 3. The van der Waals surface area contributed by atoms with Crippen LogP contribution in [0.3, 0.4) is 0 Å². The predicted molar refractivity (Wildman–Crippen MR) is 95.1 cm³/mol. The van der Waals surface area contributed by atoms with Gasteiger partial charge < -0.3 is 15.3 Å². The molecule has 0 atom stereocenters. The molecule has 0 aliphatic heterocycles. The van der Waals surface area contributed by atoms with Crippen LogP contribution in [0.25, 0.3) is 23.3 Å². The molecule has 3 N–H and O–H groups in total. The van der Waals surface area contributed by atoms with Crippen molar-refractivity contribution < 1.29 is 20.1 Å². The third-order valence-corrected chi connectivity index (χ3v) is 3.71. The highest BCUT2D eigenvalue weighted by molar-refractivity contribution is 6.31. The second kappa shape index (κ2) is 6.85. The van der Waals surface area contributed by atoms with Crippen molar-refractivity contribution in [2.45, 2.75) is 6.54 Å². The number of carboxylic acid groups (broad SMARTS) is 1. The summed E-state index contributed by atoms with van der Waals surface area (Å²) in [7, 11) is 0. The van der Waals surface area contributed by atoms with E-state index >= 15 is 0 Å². The molecule has 2 heterocycles. The zero-order valence-corrected chi connectivity index (χ0v) is 13.9. The van der Waals surface area contributed by atoms with Gasteiger partial charge in [-0.2, -0.15) is 0 Å². The molecule has 132 valence electrons. The van der Waals surface area contributed by atoms with E-state index in [-0.39, 0.29) is 28.4 Å². The molecule has 0 spiro atoms. The number of hydrogen-bond acceptors (Lipinski definition) is 6. The van der Waals surface area contributed by atoms with E-state index in [0.717, 1.165) is 4.57 Å². The van der Waals surface area contributed by atoms with Crippen LogP contribution in [0.4, 0.5) is 0 Å². The van der Waals surface area contributed by atoms with Gasteiger partial charge in [0.25, 0.3) is 5.56 Å². The van der Waals surface area contributed by atoms with Crippen molar-refractivity contribution in [3.8, 4) is 11.5 Å². The zero-order chi connectivity index (χ0) is 18.8. The van der Waals surface area contributed by atoms with Crippen LogP contribution in [0.5, 0.6) is 11.5 Å². The van der Waals surface area contributed by atoms with Crippen LogP contribution >= 0.6 is 11.6 Å². The van der Waals surface area contributed by atoms with Crippen molar-refractivity contribution in [1.82, 2.24) is 14.5 Å². The minimum absolute atomic E-state index is 0.0182. The van der Waals surface area contributed by atoms with Crippen LogP contribution in [0, 0.1) is 0 Å². The smallest absolute Gasteiger partial charge is 0.323 e. The Labute approximate surface area is 151 Å². The van der Waals surface area contributed by atoms with Gasteiger partial charge in [0.05, 0.1) is 5.02 Å². The fourth-order valence-electron chi connectivity index (χ4n) is 2.33. The average Bonchev–Trinajstić information content (AvgIpc) is 2.58. The van der Waals surface area contributed by atoms with E-state index in [1.165, 1.54) is 42.6 Å². The molecule has 0 aliphatic rings. The summed E-state index contributed by atoms with van der Waals surface area (Å²) in [5.41, 5.74) is 0.243. The Morgan fingerprint density at radius 2 is 1.96 bits per heavy atom. The fraction of sp³-hybridized carbons (Fsp3) is 0.0588. The van der Waals surface area contributed by atoms with Gasteiger partial charge in [-0.25, -0.2) is 9.97 Å². The molecule has 0 amide bonds. The summed E-state index contributed by atoms with van der Waals surface area (Å²) in [6.45, 7) is -0.576. The predicted octanol–water partition coefficient (Wildman–Crippen LogP) is 2.11. The lowest BCUT2D eigenvalue weighted by molar-refractivity contribution is -0.137. The first-order valence-corrected chi connectivity index (χ1v) is 7.71. The van der Waals surface area contributed by atoms with E-state index in [2.05, 4.69) is 9.97 Å². The fourth-order valence-corrected chi connectivity index (χ4v) is 2.49. The molecule has 0 aliphatic carbocycles. The Balaban J connectivity index is 2.14. The number of halogens is 1. The highest BCUT2D eigenvalue weighted by Gasteiger charge is 2.13. The lowest BCUT2D eigenvalue weighted by Crippen LogP contribution is -2.27. The second-order valence-electron chi connectivity index (χ2n) is 5.36. The first-order chi connectivity index (χ1) is 12.3. The van der Waals surface area contributed by atoms with Crippen molar-refractivity contribution in [3.05, 3.63) is 57.1 Å². The molecule has 8 nitrogen and oxygen atoms in total. The van der Waals surface area contributed by atoms with E-state index in [9.17, 15) is 19.8 Å². The van der Waals surface area contributed by atoms with Crippen LogP contribution in [0.2, 0.25) is 5.02 Å². The molecule has 0 bridgehead atoms. The molecule has 0 saturated carbocycles. The Kier molecular flexibility index (Phi) is 4.59. The number of nitrogens with zero attached hydrogens (tertiary/aromatic N) is 3. The Morgan fingerprint density at radius 3 is 2.65 bits per heavy atom. The number of carbonyl (C=O) groups is 1. The molecular formula is C17H12ClN3O5. The topological polar surface area (TPSA) is 126 Å². The summed E-state index contributed by atoms with van der Waals surface area (Å²) in [4.78, 5) is 31.8. The second-order valence-corrected chi connectivity index (χ2v) is 5.80. The van der Waals surface area contributed by atoms with Crippen LogP contribution in [-0.4, -0.2) is 35.8 Å². The van der Waals surface area contributed by atoms with E-state index < -0.39 is 18.1 Å². The monoisotopic (exact) mass is 373 g/mol. The molecule has 26 heavy (non-hydrogen) atoms. The van der Waals surface area contributed by atoms with Gasteiger partial charge >= 0.3 is 5.97 Å². The van der Waals surface area contributed by atoms with Gasteiger partial charge in [0.1, 0.15) is 17.8 Å². The maximum absolute atomic E-state index is 12.6. The van der Waals surface area contributed by atoms with E-state index in [4.69, 9.17) is 16.7 Å². The van der Waals surface area contributed by atoms with E-state index in [1.54, 1.807) is 0 Å². The third-order valence-electron chi connectivity index (χ3n) is 3.50. The van der Waals surface area contributed by atoms with Gasteiger partial charge in [-0.3, -0.25) is 14.2 Å². The number of benzene rings is 1. The molecule has 0 unspecified atom stereocenters. The van der Waals surface area contributed by atoms with Crippen LogP contribution in [0.1, 0.15) is 11.3 Å². The third kappa shape index (κ3) is 3.50. The van der Waals surface area contributed by atoms with Gasteiger partial charge in [-0.05, 0) is 29.8 Å². The molecule has 1 aromatic carbocycles. The summed E-state index contributed by atoms with van der Waals surface area (Å²) in [6, 6.07) is 5.61. The van der Waals surface area contributed by atoms with Crippen LogP contribution < -0.4 is 5.56 Å². The number of rotatable bonds is 4. The molecule has 0 fully saturated rings. The first-order valence-electron chi connectivity index (χ1n) is 7.33. The normalized spacial score (nSPS) is 11.3. The number of carboxylic acids is 1. The Morgan fingerprint density at radius 1 is 1.19 bits per heavy atom. The summed E-state index contributed by atoms with van der Waals surface area (Å²) in [5, 5.41) is 28.2. The van der Waals surface area contributed by atoms with E-state index in [1.807, 2.05) is 0 Å². The highest BCUT2D eigenvalue weighted by Crippen LogP contribution is 2.25. The van der Waals surface area contributed by atoms with E-state index in [0.29, 0.717) is 10.6 Å². The highest BCUT2D eigenvalue weighted by atomic mass is 35.5. The number of aliphatic carboxylic acids is 1. The number of aromatic hydroxyl groups is 2. The summed E-state index contributed by atoms with van der Waals surface area (Å²) >= 11 is 5.90. The van der Waals surface area contributed by atoms with Gasteiger partial charge in [0.15, 0.2) is 17.1 Å². The number of fused-ring (bicyclic) bond motifs is 1. The van der Waals surface area contributed by atoms with Crippen molar-refractivity contribution in [2.75, 3.05) is 0 Å². The molecule has 0 radical (unpaired) electrons. The van der Waals surface area contributed by atoms with Gasteiger partial charge in [0.2, 0.25) is 0 Å². The first kappa shape index (κ1) is 17.4. The Hall–Kier alpha value is -3.39. The minimum atomic E-state index is -1.20. The number of hydrogen-bond donors (Lipinski definition) is 3. The van der Waals surface area contributed by atoms with Crippen molar-refractivity contribution >= 4 is 40.9 Å². The average molecular weight is 374 g/mol. The lowest BCUT2D eigenvalue weighted by Gasteiger charge is -2.08. The summed E-state index contributed by atoms with van der Waals surface area (Å²) in [6.07, 6.45) is 4.18. The minimum Gasteiger partial charge on any atom is -0.504 e. The van der Waals surface area contributed by atoms with Gasteiger partial charge in [-0.1, -0.05) is 23.7 Å². The van der Waals surface area contributed by atoms with Crippen LogP contribution in [0.15, 0.2) is 35.3 Å². The van der Waals surface area contributed by atoms with Crippen molar-refractivity contribution in [1.29, 1.82) is 0 Å². The largest absolute Gasteiger partial charge is 0.504 e. The zero-order valence-electron chi connectivity index (χ0n) is 13.1. The van der Waals surface area contributed by atoms with Gasteiger partial charge in [-0.15, -0.1) is 0 Å². The lowest BCUT2D eigenvalue weighted by atomic mass is 10.2.